The number of benzene rings is 1. The lowest BCUT2D eigenvalue weighted by Crippen LogP contribution is -2.30. The average molecular weight is 324 g/mol. The Labute approximate surface area is 131 Å². The van der Waals surface area contributed by atoms with Gasteiger partial charge in [-0.1, -0.05) is 17.7 Å². The molecule has 0 saturated heterocycles. The van der Waals surface area contributed by atoms with Crippen LogP contribution >= 0.6 is 22.9 Å². The number of nitrogens with one attached hydrogen (secondary N) is 1. The lowest BCUT2D eigenvalue weighted by molar-refractivity contribution is -0.123. The van der Waals surface area contributed by atoms with E-state index in [9.17, 15) is 9.59 Å². The number of carbonyl (C=O) groups is 2. The Morgan fingerprint density at radius 1 is 1.33 bits per heavy atom. The van der Waals surface area contributed by atoms with Crippen LogP contribution in [0.5, 0.6) is 0 Å². The van der Waals surface area contributed by atoms with Gasteiger partial charge in [0.15, 0.2) is 6.10 Å². The van der Waals surface area contributed by atoms with Crippen LogP contribution in [0.3, 0.4) is 0 Å². The van der Waals surface area contributed by atoms with Crippen LogP contribution in [-0.4, -0.2) is 18.0 Å². The number of hydrogen-bond donors (Lipinski definition) is 1. The van der Waals surface area contributed by atoms with Crippen molar-refractivity contribution in [1.82, 2.24) is 0 Å². The van der Waals surface area contributed by atoms with Crippen LogP contribution in [0.4, 0.5) is 5.69 Å². The molecule has 0 aliphatic rings. The molecule has 0 radical (unpaired) electrons. The highest BCUT2D eigenvalue weighted by Crippen LogP contribution is 2.20. The molecular weight excluding hydrogens is 310 g/mol. The maximum absolute atomic E-state index is 12.1. The minimum Gasteiger partial charge on any atom is -0.449 e. The Hall–Kier alpha value is -1.85. The molecule has 0 fully saturated rings. The number of rotatable bonds is 4. The van der Waals surface area contributed by atoms with Crippen LogP contribution < -0.4 is 5.32 Å². The Kier molecular flexibility index (Phi) is 4.98. The van der Waals surface area contributed by atoms with E-state index in [1.807, 2.05) is 6.92 Å². The highest BCUT2D eigenvalue weighted by molar-refractivity contribution is 7.08. The van der Waals surface area contributed by atoms with Gasteiger partial charge in [0, 0.05) is 16.1 Å². The van der Waals surface area contributed by atoms with Crippen LogP contribution in [0.1, 0.15) is 22.8 Å². The number of esters is 1. The Morgan fingerprint density at radius 3 is 2.76 bits per heavy atom. The third kappa shape index (κ3) is 4.06. The number of hydrogen-bond acceptors (Lipinski definition) is 4. The highest BCUT2D eigenvalue weighted by Gasteiger charge is 2.19. The standard InChI is InChI=1S/C15H14ClNO3S/c1-9-3-4-12(16)7-13(9)17-14(18)10(2)20-15(19)11-5-6-21-8-11/h3-8,10H,1-2H3,(H,17,18). The Bertz CT molecular complexity index is 655. The van der Waals surface area contributed by atoms with E-state index < -0.39 is 18.0 Å². The fourth-order valence-electron chi connectivity index (χ4n) is 1.63. The van der Waals surface area contributed by atoms with Gasteiger partial charge in [0.1, 0.15) is 0 Å². The van der Waals surface area contributed by atoms with E-state index in [0.717, 1.165) is 5.56 Å². The van der Waals surface area contributed by atoms with Crippen molar-refractivity contribution < 1.29 is 14.3 Å². The zero-order valence-electron chi connectivity index (χ0n) is 11.6. The lowest BCUT2D eigenvalue weighted by Gasteiger charge is -2.14. The molecule has 1 aromatic carbocycles. The molecule has 6 heteroatoms. The van der Waals surface area contributed by atoms with Crippen LogP contribution in [0, 0.1) is 6.92 Å². The summed E-state index contributed by atoms with van der Waals surface area (Å²) in [6.45, 7) is 3.38. The molecule has 1 N–H and O–H groups in total. The summed E-state index contributed by atoms with van der Waals surface area (Å²) in [5.41, 5.74) is 1.92. The van der Waals surface area contributed by atoms with Crippen molar-refractivity contribution in [2.24, 2.45) is 0 Å². The fourth-order valence-corrected chi connectivity index (χ4v) is 2.42. The molecule has 2 rings (SSSR count). The number of anilines is 1. The van der Waals surface area contributed by atoms with Crippen molar-refractivity contribution in [3.05, 3.63) is 51.2 Å². The normalized spacial score (nSPS) is 11.8. The van der Waals surface area contributed by atoms with Crippen LogP contribution in [0.2, 0.25) is 5.02 Å². The van der Waals surface area contributed by atoms with E-state index in [1.54, 1.807) is 35.0 Å². The van der Waals surface area contributed by atoms with Crippen molar-refractivity contribution >= 4 is 40.5 Å². The Morgan fingerprint density at radius 2 is 2.10 bits per heavy atom. The maximum Gasteiger partial charge on any atom is 0.339 e. The monoisotopic (exact) mass is 323 g/mol. The van der Waals surface area contributed by atoms with Crippen LogP contribution in [0.25, 0.3) is 0 Å². The van der Waals surface area contributed by atoms with Gasteiger partial charge in [0.25, 0.3) is 5.91 Å². The van der Waals surface area contributed by atoms with E-state index in [0.29, 0.717) is 16.3 Å². The molecule has 0 aliphatic carbocycles. The quantitative estimate of drug-likeness (QED) is 0.868. The lowest BCUT2D eigenvalue weighted by atomic mass is 10.2. The van der Waals surface area contributed by atoms with E-state index in [2.05, 4.69) is 5.32 Å². The largest absolute Gasteiger partial charge is 0.449 e. The summed E-state index contributed by atoms with van der Waals surface area (Å²) in [4.78, 5) is 23.8. The highest BCUT2D eigenvalue weighted by atomic mass is 35.5. The van der Waals surface area contributed by atoms with Crippen molar-refractivity contribution in [2.75, 3.05) is 5.32 Å². The third-order valence-corrected chi connectivity index (χ3v) is 3.79. The van der Waals surface area contributed by atoms with Gasteiger partial charge in [-0.2, -0.15) is 11.3 Å². The number of halogens is 1. The molecule has 1 heterocycles. The minimum atomic E-state index is -0.893. The molecule has 0 bridgehead atoms. The molecule has 110 valence electrons. The number of aryl methyl sites for hydroxylation is 1. The summed E-state index contributed by atoms with van der Waals surface area (Å²) in [6.07, 6.45) is -0.893. The summed E-state index contributed by atoms with van der Waals surface area (Å²) in [5.74, 6) is -0.911. The first-order valence-electron chi connectivity index (χ1n) is 6.27. The van der Waals surface area contributed by atoms with Crippen molar-refractivity contribution in [2.45, 2.75) is 20.0 Å². The molecule has 1 amide bonds. The van der Waals surface area contributed by atoms with Crippen molar-refractivity contribution in [1.29, 1.82) is 0 Å². The summed E-state index contributed by atoms with van der Waals surface area (Å²) >= 11 is 7.29. The zero-order chi connectivity index (χ0) is 15.4. The molecule has 1 aromatic heterocycles. The molecule has 0 aliphatic heterocycles. The topological polar surface area (TPSA) is 55.4 Å². The minimum absolute atomic E-state index is 0.399. The van der Waals surface area contributed by atoms with Gasteiger partial charge < -0.3 is 10.1 Å². The van der Waals surface area contributed by atoms with Gasteiger partial charge in [-0.3, -0.25) is 4.79 Å². The first-order valence-corrected chi connectivity index (χ1v) is 7.59. The first kappa shape index (κ1) is 15.5. The van der Waals surface area contributed by atoms with Gasteiger partial charge in [-0.15, -0.1) is 0 Å². The molecule has 0 saturated carbocycles. The van der Waals surface area contributed by atoms with Gasteiger partial charge in [-0.25, -0.2) is 4.79 Å². The molecule has 4 nitrogen and oxygen atoms in total. The molecule has 1 unspecified atom stereocenters. The zero-order valence-corrected chi connectivity index (χ0v) is 13.1. The second kappa shape index (κ2) is 6.74. The summed E-state index contributed by atoms with van der Waals surface area (Å²) in [6, 6.07) is 6.85. The van der Waals surface area contributed by atoms with E-state index in [4.69, 9.17) is 16.3 Å². The van der Waals surface area contributed by atoms with E-state index >= 15 is 0 Å². The van der Waals surface area contributed by atoms with Gasteiger partial charge in [0.05, 0.1) is 5.56 Å². The second-order valence-electron chi connectivity index (χ2n) is 4.51. The van der Waals surface area contributed by atoms with E-state index in [-0.39, 0.29) is 0 Å². The third-order valence-electron chi connectivity index (χ3n) is 2.87. The fraction of sp³-hybridized carbons (Fsp3) is 0.200. The average Bonchev–Trinajstić information content (AvgIpc) is 2.97. The van der Waals surface area contributed by atoms with Crippen molar-refractivity contribution in [3.8, 4) is 0 Å². The van der Waals surface area contributed by atoms with Crippen LogP contribution in [0.15, 0.2) is 35.0 Å². The maximum atomic E-state index is 12.1. The van der Waals surface area contributed by atoms with Gasteiger partial charge in [0.2, 0.25) is 0 Å². The first-order chi connectivity index (χ1) is 9.97. The summed E-state index contributed by atoms with van der Waals surface area (Å²) in [5, 5.41) is 6.68. The summed E-state index contributed by atoms with van der Waals surface area (Å²) < 4.78 is 5.12. The SMILES string of the molecule is Cc1ccc(Cl)cc1NC(=O)C(C)OC(=O)c1ccsc1. The predicted octanol–water partition coefficient (Wildman–Crippen LogP) is 3.89. The number of amides is 1. The number of ether oxygens (including phenoxy) is 1. The second-order valence-corrected chi connectivity index (χ2v) is 5.72. The summed E-state index contributed by atoms with van der Waals surface area (Å²) in [7, 11) is 0. The van der Waals surface area contributed by atoms with Crippen LogP contribution in [-0.2, 0) is 9.53 Å². The van der Waals surface area contributed by atoms with Crippen molar-refractivity contribution in [3.63, 3.8) is 0 Å². The smallest absolute Gasteiger partial charge is 0.339 e. The van der Waals surface area contributed by atoms with E-state index in [1.165, 1.54) is 18.3 Å². The molecule has 0 spiro atoms. The van der Waals surface area contributed by atoms with Gasteiger partial charge >= 0.3 is 5.97 Å². The molecular formula is C15H14ClNO3S. The molecule has 21 heavy (non-hydrogen) atoms. The number of carbonyl (C=O) groups excluding carboxylic acids is 2. The molecule has 1 atom stereocenters. The molecule has 2 aromatic rings. The number of thiophene rings is 1. The predicted molar refractivity (Wildman–Crippen MR) is 84.0 cm³/mol. The Balaban J connectivity index is 1.99. The van der Waals surface area contributed by atoms with Gasteiger partial charge in [-0.05, 0) is 43.0 Å².